The molecule has 0 saturated heterocycles. The Hall–Kier alpha value is -2.99. The van der Waals surface area contributed by atoms with Gasteiger partial charge >= 0.3 is 0 Å². The van der Waals surface area contributed by atoms with E-state index in [1.54, 1.807) is 24.3 Å². The van der Waals surface area contributed by atoms with Crippen molar-refractivity contribution in [3.05, 3.63) is 89.6 Å². The molecule has 0 aliphatic carbocycles. The monoisotopic (exact) mass is 364 g/mol. The third-order valence-corrected chi connectivity index (χ3v) is 5.50. The smallest absolute Gasteiger partial charge is 0.256 e. The molecular formula is C20H16N2O3S. The Morgan fingerprint density at radius 2 is 1.65 bits per heavy atom. The SMILES string of the molecule is O=C(c1ccccc1)c1ccc(C2=CC=CN3CCS(=O)(=O)N=C23)cc1. The summed E-state index contributed by atoms with van der Waals surface area (Å²) in [7, 11) is -3.43. The first-order chi connectivity index (χ1) is 12.5. The number of hydrogen-bond donors (Lipinski definition) is 0. The Morgan fingerprint density at radius 3 is 2.38 bits per heavy atom. The molecule has 4 rings (SSSR count). The van der Waals surface area contributed by atoms with Crippen molar-refractivity contribution >= 4 is 27.2 Å². The molecule has 0 aromatic heterocycles. The lowest BCUT2D eigenvalue weighted by molar-refractivity contribution is 0.103. The highest BCUT2D eigenvalue weighted by Gasteiger charge is 2.27. The van der Waals surface area contributed by atoms with E-state index in [0.29, 0.717) is 23.5 Å². The van der Waals surface area contributed by atoms with Gasteiger partial charge in [0.15, 0.2) is 11.6 Å². The number of carbonyl (C=O) groups excluding carboxylic acids is 1. The average molecular weight is 364 g/mol. The number of allylic oxidation sites excluding steroid dienone is 2. The predicted molar refractivity (Wildman–Crippen MR) is 101 cm³/mol. The molecule has 0 unspecified atom stereocenters. The van der Waals surface area contributed by atoms with Gasteiger partial charge in [0.25, 0.3) is 10.0 Å². The van der Waals surface area contributed by atoms with Crippen LogP contribution in [0, 0.1) is 0 Å². The molecule has 26 heavy (non-hydrogen) atoms. The maximum Gasteiger partial charge on any atom is 0.256 e. The molecular weight excluding hydrogens is 348 g/mol. The minimum Gasteiger partial charge on any atom is -0.331 e. The van der Waals surface area contributed by atoms with Crippen LogP contribution in [0.4, 0.5) is 0 Å². The molecule has 130 valence electrons. The second-order valence-corrected chi connectivity index (χ2v) is 7.84. The van der Waals surface area contributed by atoms with Crippen LogP contribution in [-0.2, 0) is 10.0 Å². The zero-order valence-electron chi connectivity index (χ0n) is 13.9. The molecule has 0 N–H and O–H groups in total. The Morgan fingerprint density at radius 1 is 0.962 bits per heavy atom. The maximum atomic E-state index is 12.5. The average Bonchev–Trinajstić information content (AvgIpc) is 2.67. The highest BCUT2D eigenvalue weighted by Crippen LogP contribution is 2.26. The van der Waals surface area contributed by atoms with Gasteiger partial charge in [-0.25, -0.2) is 8.42 Å². The first-order valence-corrected chi connectivity index (χ1v) is 9.83. The van der Waals surface area contributed by atoms with Gasteiger partial charge in [0.2, 0.25) is 0 Å². The molecule has 2 aliphatic heterocycles. The van der Waals surface area contributed by atoms with Crippen LogP contribution in [0.25, 0.3) is 5.57 Å². The second-order valence-electron chi connectivity index (χ2n) is 6.09. The van der Waals surface area contributed by atoms with Crippen molar-refractivity contribution in [3.8, 4) is 0 Å². The number of nitrogens with zero attached hydrogens (tertiary/aromatic N) is 2. The van der Waals surface area contributed by atoms with E-state index in [4.69, 9.17) is 0 Å². The third kappa shape index (κ3) is 3.11. The van der Waals surface area contributed by atoms with Crippen molar-refractivity contribution in [3.63, 3.8) is 0 Å². The zero-order valence-corrected chi connectivity index (χ0v) is 14.7. The van der Waals surface area contributed by atoms with E-state index in [-0.39, 0.29) is 11.5 Å². The number of hydrogen-bond acceptors (Lipinski definition) is 4. The van der Waals surface area contributed by atoms with E-state index in [2.05, 4.69) is 4.40 Å². The van der Waals surface area contributed by atoms with Crippen molar-refractivity contribution in [1.29, 1.82) is 0 Å². The van der Waals surface area contributed by atoms with Gasteiger partial charge in [0.05, 0.1) is 5.75 Å². The van der Waals surface area contributed by atoms with Gasteiger partial charge in [-0.05, 0) is 17.7 Å². The maximum absolute atomic E-state index is 12.5. The van der Waals surface area contributed by atoms with Crippen molar-refractivity contribution < 1.29 is 13.2 Å². The lowest BCUT2D eigenvalue weighted by atomic mass is 9.97. The molecule has 0 saturated carbocycles. The van der Waals surface area contributed by atoms with Crippen LogP contribution in [-0.4, -0.2) is 37.2 Å². The van der Waals surface area contributed by atoms with Crippen molar-refractivity contribution in [2.45, 2.75) is 0 Å². The molecule has 0 radical (unpaired) electrons. The van der Waals surface area contributed by atoms with E-state index >= 15 is 0 Å². The number of amidine groups is 1. The van der Waals surface area contributed by atoms with Crippen LogP contribution < -0.4 is 0 Å². The molecule has 0 atom stereocenters. The number of carbonyl (C=O) groups is 1. The van der Waals surface area contributed by atoms with Crippen molar-refractivity contribution in [1.82, 2.24) is 4.90 Å². The first kappa shape index (κ1) is 16.5. The van der Waals surface area contributed by atoms with Gasteiger partial charge in [-0.1, -0.05) is 54.6 Å². The molecule has 5 nitrogen and oxygen atoms in total. The molecule has 2 heterocycles. The van der Waals surface area contributed by atoms with Crippen LogP contribution in [0.15, 0.2) is 77.3 Å². The molecule has 2 aromatic carbocycles. The first-order valence-electron chi connectivity index (χ1n) is 8.22. The molecule has 0 fully saturated rings. The van der Waals surface area contributed by atoms with Crippen LogP contribution in [0.2, 0.25) is 0 Å². The topological polar surface area (TPSA) is 66.8 Å². The summed E-state index contributed by atoms with van der Waals surface area (Å²) in [5.74, 6) is 0.397. The lowest BCUT2D eigenvalue weighted by Gasteiger charge is -2.29. The standard InChI is InChI=1S/C20H16N2O3S/c23-19(16-5-2-1-3-6-16)17-10-8-15(9-11-17)18-7-4-12-22-13-14-26(24,25)21-20(18)22/h1-12H,13-14H2. The minimum absolute atomic E-state index is 0.0125. The van der Waals surface area contributed by atoms with Crippen LogP contribution >= 0.6 is 0 Å². The van der Waals surface area contributed by atoms with E-state index in [9.17, 15) is 13.2 Å². The summed E-state index contributed by atoms with van der Waals surface area (Å²) >= 11 is 0. The van der Waals surface area contributed by atoms with Gasteiger partial charge in [0.1, 0.15) is 0 Å². The van der Waals surface area contributed by atoms with Gasteiger partial charge in [-0.3, -0.25) is 4.79 Å². The van der Waals surface area contributed by atoms with Gasteiger partial charge < -0.3 is 4.90 Å². The van der Waals surface area contributed by atoms with Gasteiger partial charge in [0, 0.05) is 29.4 Å². The Kier molecular flexibility index (Phi) is 4.05. The number of ketones is 1. The zero-order chi connectivity index (χ0) is 18.1. The fourth-order valence-electron chi connectivity index (χ4n) is 3.00. The quantitative estimate of drug-likeness (QED) is 0.786. The minimum atomic E-state index is -3.43. The molecule has 0 bridgehead atoms. The summed E-state index contributed by atoms with van der Waals surface area (Å²) in [6.45, 7) is 0.388. The largest absolute Gasteiger partial charge is 0.331 e. The highest BCUT2D eigenvalue weighted by atomic mass is 32.2. The third-order valence-electron chi connectivity index (χ3n) is 4.35. The van der Waals surface area contributed by atoms with Gasteiger partial charge in [-0.15, -0.1) is 4.40 Å². The summed E-state index contributed by atoms with van der Waals surface area (Å²) in [5.41, 5.74) is 2.77. The van der Waals surface area contributed by atoms with Crippen LogP contribution in [0.5, 0.6) is 0 Å². The fraction of sp³-hybridized carbons (Fsp3) is 0.100. The van der Waals surface area contributed by atoms with E-state index in [1.807, 2.05) is 53.6 Å². The summed E-state index contributed by atoms with van der Waals surface area (Å²) in [6, 6.07) is 16.3. The fourth-order valence-corrected chi connectivity index (χ4v) is 3.98. The van der Waals surface area contributed by atoms with E-state index < -0.39 is 10.0 Å². The second kappa shape index (κ2) is 6.38. The van der Waals surface area contributed by atoms with Gasteiger partial charge in [-0.2, -0.15) is 0 Å². The van der Waals surface area contributed by atoms with E-state index in [0.717, 1.165) is 11.1 Å². The molecule has 0 spiro atoms. The molecule has 0 amide bonds. The van der Waals surface area contributed by atoms with Crippen molar-refractivity contribution in [2.75, 3.05) is 12.3 Å². The molecule has 6 heteroatoms. The summed E-state index contributed by atoms with van der Waals surface area (Å²) < 4.78 is 27.7. The van der Waals surface area contributed by atoms with Crippen molar-refractivity contribution in [2.24, 2.45) is 4.40 Å². The summed E-state index contributed by atoms with van der Waals surface area (Å²) in [4.78, 5) is 14.3. The molecule has 2 aliphatic rings. The van der Waals surface area contributed by atoms with Crippen LogP contribution in [0.1, 0.15) is 21.5 Å². The Labute approximate surface area is 152 Å². The number of fused-ring (bicyclic) bond motifs is 1. The van der Waals surface area contributed by atoms with E-state index in [1.165, 1.54) is 0 Å². The number of rotatable bonds is 3. The normalized spacial score (nSPS) is 17.9. The Bertz CT molecular complexity index is 1050. The molecule has 2 aromatic rings. The van der Waals surface area contributed by atoms with Crippen LogP contribution in [0.3, 0.4) is 0 Å². The lowest BCUT2D eigenvalue weighted by Crippen LogP contribution is -2.37. The Balaban J connectivity index is 1.67. The highest BCUT2D eigenvalue weighted by molar-refractivity contribution is 7.90. The summed E-state index contributed by atoms with van der Waals surface area (Å²) in [6.07, 6.45) is 5.53. The number of benzene rings is 2. The number of sulfonamides is 1. The predicted octanol–water partition coefficient (Wildman–Crippen LogP) is 2.87. The summed E-state index contributed by atoms with van der Waals surface area (Å²) in [5, 5.41) is 0.